The van der Waals surface area contributed by atoms with Crippen LogP contribution in [0.3, 0.4) is 0 Å². The molecule has 2 aliphatic rings. The first-order valence-electron chi connectivity index (χ1n) is 9.96. The van der Waals surface area contributed by atoms with Gasteiger partial charge in [-0.1, -0.05) is 12.1 Å². The van der Waals surface area contributed by atoms with Gasteiger partial charge >= 0.3 is 6.03 Å². The third-order valence-electron chi connectivity index (χ3n) is 5.45. The van der Waals surface area contributed by atoms with Gasteiger partial charge in [0.05, 0.1) is 36.9 Å². The van der Waals surface area contributed by atoms with Gasteiger partial charge in [0.1, 0.15) is 5.82 Å². The summed E-state index contributed by atoms with van der Waals surface area (Å²) in [4.78, 5) is 25.3. The summed E-state index contributed by atoms with van der Waals surface area (Å²) in [6, 6.07) is 6.48. The summed E-state index contributed by atoms with van der Waals surface area (Å²) >= 11 is 6.15. The van der Waals surface area contributed by atoms with E-state index < -0.39 is 9.84 Å². The van der Waals surface area contributed by atoms with Crippen molar-refractivity contribution in [1.82, 2.24) is 19.8 Å². The number of carbonyl (C=O) groups excluding carboxylic acids is 1. The highest BCUT2D eigenvalue weighted by atomic mass is 35.5. The molecule has 9 nitrogen and oxygen atoms in total. The monoisotopic (exact) mass is 465 g/mol. The summed E-state index contributed by atoms with van der Waals surface area (Å²) in [5.74, 6) is 0.546. The molecule has 4 rings (SSSR count). The zero-order valence-corrected chi connectivity index (χ0v) is 18.9. The minimum Gasteiger partial charge on any atom is -0.378 e. The van der Waals surface area contributed by atoms with E-state index in [-0.39, 0.29) is 22.3 Å². The number of anilines is 1. The molecule has 0 radical (unpaired) electrons. The standard InChI is InChI=1S/C20H24ClN5O4S/c1-13(14-4-3-5-15(10-14)31(2,28)29)22-18-16-11-26(12-17(16)23-19(21)24-18)20(27)25-6-8-30-9-7-25/h3-5,10,13H,6-9,11-12H2,1-2H3,(H,22,23,24). The fourth-order valence-electron chi connectivity index (χ4n) is 3.74. The van der Waals surface area contributed by atoms with Crippen LogP contribution in [0, 0.1) is 0 Å². The van der Waals surface area contributed by atoms with Gasteiger partial charge in [-0.2, -0.15) is 0 Å². The van der Waals surface area contributed by atoms with E-state index >= 15 is 0 Å². The van der Waals surface area contributed by atoms with Gasteiger partial charge in [0.2, 0.25) is 5.28 Å². The number of aromatic nitrogens is 2. The molecule has 1 atom stereocenters. The third kappa shape index (κ3) is 4.76. The van der Waals surface area contributed by atoms with Crippen molar-refractivity contribution in [3.05, 3.63) is 46.4 Å². The zero-order valence-electron chi connectivity index (χ0n) is 17.3. The number of nitrogens with zero attached hydrogens (tertiary/aromatic N) is 4. The van der Waals surface area contributed by atoms with Crippen molar-refractivity contribution in [3.63, 3.8) is 0 Å². The van der Waals surface area contributed by atoms with Crippen molar-refractivity contribution in [2.45, 2.75) is 31.0 Å². The molecule has 2 amide bonds. The Balaban J connectivity index is 1.55. The number of halogens is 1. The predicted octanol–water partition coefficient (Wildman–Crippen LogP) is 2.47. The molecule has 1 fully saturated rings. The van der Waals surface area contributed by atoms with Gasteiger partial charge in [-0.05, 0) is 36.2 Å². The van der Waals surface area contributed by atoms with Crippen molar-refractivity contribution in [3.8, 4) is 0 Å². The summed E-state index contributed by atoms with van der Waals surface area (Å²) in [7, 11) is -3.31. The van der Waals surface area contributed by atoms with Crippen LogP contribution in [0.2, 0.25) is 5.28 Å². The lowest BCUT2D eigenvalue weighted by Crippen LogP contribution is -2.46. The topological polar surface area (TPSA) is 105 Å². The summed E-state index contributed by atoms with van der Waals surface area (Å²) < 4.78 is 29.1. The van der Waals surface area contributed by atoms with E-state index in [9.17, 15) is 13.2 Å². The Morgan fingerprint density at radius 2 is 1.94 bits per heavy atom. The van der Waals surface area contributed by atoms with E-state index in [1.807, 2.05) is 13.0 Å². The molecule has 166 valence electrons. The van der Waals surface area contributed by atoms with Gasteiger partial charge in [-0.25, -0.2) is 23.2 Å². The SMILES string of the molecule is CC(Nc1nc(Cl)nc2c1CN(C(=O)N1CCOCC1)C2)c1cccc(S(C)(=O)=O)c1. The number of amides is 2. The lowest BCUT2D eigenvalue weighted by molar-refractivity contribution is 0.0429. The molecule has 1 aromatic carbocycles. The van der Waals surface area contributed by atoms with Gasteiger partial charge in [0.15, 0.2) is 9.84 Å². The van der Waals surface area contributed by atoms with Crippen LogP contribution in [0.5, 0.6) is 0 Å². The van der Waals surface area contributed by atoms with Crippen LogP contribution in [0.4, 0.5) is 10.6 Å². The molecule has 0 saturated carbocycles. The molecule has 31 heavy (non-hydrogen) atoms. The maximum atomic E-state index is 12.9. The molecular formula is C20H24ClN5O4S. The number of hydrogen-bond donors (Lipinski definition) is 1. The van der Waals surface area contributed by atoms with Crippen molar-refractivity contribution in [1.29, 1.82) is 0 Å². The van der Waals surface area contributed by atoms with Crippen molar-refractivity contribution >= 4 is 33.3 Å². The van der Waals surface area contributed by atoms with Crippen LogP contribution in [0.25, 0.3) is 0 Å². The van der Waals surface area contributed by atoms with E-state index in [0.717, 1.165) is 11.1 Å². The Hall–Kier alpha value is -2.43. The van der Waals surface area contributed by atoms with E-state index in [1.165, 1.54) is 6.26 Å². The third-order valence-corrected chi connectivity index (χ3v) is 6.73. The number of sulfone groups is 1. The van der Waals surface area contributed by atoms with Crippen LogP contribution < -0.4 is 5.32 Å². The number of hydrogen-bond acceptors (Lipinski definition) is 7. The second-order valence-corrected chi connectivity index (χ2v) is 10.1. The Morgan fingerprint density at radius 3 is 2.65 bits per heavy atom. The molecule has 1 N–H and O–H groups in total. The van der Waals surface area contributed by atoms with Crippen LogP contribution in [0.1, 0.15) is 29.8 Å². The number of urea groups is 1. The van der Waals surface area contributed by atoms with E-state index in [1.54, 1.807) is 28.0 Å². The van der Waals surface area contributed by atoms with E-state index in [0.29, 0.717) is 50.9 Å². The Morgan fingerprint density at radius 1 is 1.19 bits per heavy atom. The second-order valence-electron chi connectivity index (χ2n) is 7.72. The molecule has 2 aromatic rings. The van der Waals surface area contributed by atoms with E-state index in [4.69, 9.17) is 16.3 Å². The molecule has 11 heteroatoms. The predicted molar refractivity (Wildman–Crippen MR) is 116 cm³/mol. The number of carbonyl (C=O) groups is 1. The number of rotatable bonds is 4. The summed E-state index contributed by atoms with van der Waals surface area (Å²) in [6.45, 7) is 4.86. The van der Waals surface area contributed by atoms with Gasteiger partial charge in [-0.3, -0.25) is 0 Å². The lowest BCUT2D eigenvalue weighted by atomic mass is 10.1. The van der Waals surface area contributed by atoms with Crippen LogP contribution >= 0.6 is 11.6 Å². The normalized spacial score (nSPS) is 17.4. The molecule has 3 heterocycles. The van der Waals surface area contributed by atoms with Crippen LogP contribution in [0.15, 0.2) is 29.2 Å². The maximum absolute atomic E-state index is 12.9. The van der Waals surface area contributed by atoms with Gasteiger partial charge in [-0.15, -0.1) is 0 Å². The highest BCUT2D eigenvalue weighted by Gasteiger charge is 2.32. The average molecular weight is 466 g/mol. The van der Waals surface area contributed by atoms with Crippen LogP contribution in [-0.2, 0) is 27.7 Å². The minimum absolute atomic E-state index is 0.0581. The molecule has 1 saturated heterocycles. The lowest BCUT2D eigenvalue weighted by Gasteiger charge is -2.30. The minimum atomic E-state index is -3.31. The quantitative estimate of drug-likeness (QED) is 0.691. The average Bonchev–Trinajstić information content (AvgIpc) is 3.17. The smallest absolute Gasteiger partial charge is 0.320 e. The molecular weight excluding hydrogens is 442 g/mol. The van der Waals surface area contributed by atoms with Crippen LogP contribution in [-0.4, -0.2) is 66.8 Å². The zero-order chi connectivity index (χ0) is 22.2. The fraction of sp³-hybridized carbons (Fsp3) is 0.450. The Kier molecular flexibility index (Phi) is 6.05. The summed E-state index contributed by atoms with van der Waals surface area (Å²) in [5, 5.41) is 3.41. The maximum Gasteiger partial charge on any atom is 0.320 e. The van der Waals surface area contributed by atoms with Crippen molar-refractivity contribution < 1.29 is 17.9 Å². The molecule has 0 aliphatic carbocycles. The molecule has 2 aliphatic heterocycles. The first kappa shape index (κ1) is 21.8. The highest BCUT2D eigenvalue weighted by Crippen LogP contribution is 2.31. The number of ether oxygens (including phenoxy) is 1. The second kappa shape index (κ2) is 8.60. The van der Waals surface area contributed by atoms with E-state index in [2.05, 4.69) is 15.3 Å². The number of nitrogens with one attached hydrogen (secondary N) is 1. The van der Waals surface area contributed by atoms with Crippen molar-refractivity contribution in [2.24, 2.45) is 0 Å². The van der Waals surface area contributed by atoms with Gasteiger partial charge < -0.3 is 19.9 Å². The Labute approximate surface area is 186 Å². The molecule has 0 bridgehead atoms. The number of morpholine rings is 1. The number of benzene rings is 1. The number of fused-ring (bicyclic) bond motifs is 1. The first-order valence-corrected chi connectivity index (χ1v) is 12.2. The molecule has 1 aromatic heterocycles. The fourth-order valence-corrected chi connectivity index (χ4v) is 4.60. The van der Waals surface area contributed by atoms with Gasteiger partial charge in [0.25, 0.3) is 0 Å². The van der Waals surface area contributed by atoms with Crippen molar-refractivity contribution in [2.75, 3.05) is 37.9 Å². The Bertz CT molecular complexity index is 1100. The summed E-state index contributed by atoms with van der Waals surface area (Å²) in [5.41, 5.74) is 2.32. The molecule has 1 unspecified atom stereocenters. The van der Waals surface area contributed by atoms with Gasteiger partial charge in [0, 0.05) is 31.0 Å². The highest BCUT2D eigenvalue weighted by molar-refractivity contribution is 7.90. The molecule has 0 spiro atoms. The first-order chi connectivity index (χ1) is 14.7. The summed E-state index contributed by atoms with van der Waals surface area (Å²) in [6.07, 6.45) is 1.18. The largest absolute Gasteiger partial charge is 0.378 e.